The van der Waals surface area contributed by atoms with Crippen LogP contribution in [0.1, 0.15) is 24.0 Å². The van der Waals surface area contributed by atoms with Gasteiger partial charge in [0, 0.05) is 11.6 Å². The molecule has 0 aliphatic heterocycles. The van der Waals surface area contributed by atoms with E-state index in [9.17, 15) is 0 Å². The van der Waals surface area contributed by atoms with Gasteiger partial charge >= 0.3 is 0 Å². The molecule has 0 aromatic heterocycles. The molecule has 0 saturated carbocycles. The molecule has 3 heteroatoms. The van der Waals surface area contributed by atoms with Gasteiger partial charge in [0.25, 0.3) is 0 Å². The molecular formula is C17H21Cl2N. The molecule has 0 saturated heterocycles. The van der Waals surface area contributed by atoms with Crippen LogP contribution in [-0.4, -0.2) is 13.1 Å². The molecule has 0 aliphatic carbocycles. The number of nitrogens with one attached hydrogen (secondary N) is 1. The topological polar surface area (TPSA) is 12.0 Å². The van der Waals surface area contributed by atoms with Gasteiger partial charge in [0.05, 0.1) is 0 Å². The van der Waals surface area contributed by atoms with Gasteiger partial charge < -0.3 is 5.32 Å². The van der Waals surface area contributed by atoms with Crippen molar-refractivity contribution in [3.8, 4) is 0 Å². The Balaban J connectivity index is 0.00000200. The summed E-state index contributed by atoms with van der Waals surface area (Å²) in [5.74, 6) is 0.548. The summed E-state index contributed by atoms with van der Waals surface area (Å²) in [4.78, 5) is 0. The smallest absolute Gasteiger partial charge is 0.0406 e. The van der Waals surface area contributed by atoms with Crippen LogP contribution in [0.3, 0.4) is 0 Å². The fourth-order valence-electron chi connectivity index (χ4n) is 2.10. The monoisotopic (exact) mass is 309 g/mol. The summed E-state index contributed by atoms with van der Waals surface area (Å²) >= 11 is 5.87. The molecule has 1 nitrogen and oxygen atoms in total. The van der Waals surface area contributed by atoms with Crippen LogP contribution in [0.4, 0.5) is 0 Å². The highest BCUT2D eigenvalue weighted by atomic mass is 35.5. The number of halogens is 2. The van der Waals surface area contributed by atoms with Crippen molar-refractivity contribution in [2.24, 2.45) is 0 Å². The molecule has 2 rings (SSSR count). The van der Waals surface area contributed by atoms with Gasteiger partial charge in [0.2, 0.25) is 0 Å². The van der Waals surface area contributed by atoms with Crippen molar-refractivity contribution in [3.63, 3.8) is 0 Å². The molecule has 0 amide bonds. The Labute approximate surface area is 132 Å². The minimum atomic E-state index is 0. The molecule has 0 heterocycles. The first kappa shape index (κ1) is 17.0. The normalized spacial score (nSPS) is 11.7. The predicted octanol–water partition coefficient (Wildman–Crippen LogP) is 4.70. The largest absolute Gasteiger partial charge is 0.316 e. The standard InChI is InChI=1S/C17H20ClN.ClH/c1-14(16-5-3-2-4-6-16)13-19-12-11-15-7-9-17(18)10-8-15;/h2-10,14,19H,11-13H2,1H3;1H. The minimum Gasteiger partial charge on any atom is -0.316 e. The van der Waals surface area contributed by atoms with E-state index in [-0.39, 0.29) is 12.4 Å². The maximum absolute atomic E-state index is 5.87. The predicted molar refractivity (Wildman–Crippen MR) is 90.1 cm³/mol. The zero-order chi connectivity index (χ0) is 13.5. The Bertz CT molecular complexity index is 482. The van der Waals surface area contributed by atoms with E-state index < -0.39 is 0 Å². The van der Waals surface area contributed by atoms with Gasteiger partial charge in [0.15, 0.2) is 0 Å². The van der Waals surface area contributed by atoms with Crippen LogP contribution in [-0.2, 0) is 6.42 Å². The van der Waals surface area contributed by atoms with Crippen molar-refractivity contribution in [1.82, 2.24) is 5.32 Å². The Morgan fingerprint density at radius 2 is 1.65 bits per heavy atom. The lowest BCUT2D eigenvalue weighted by Crippen LogP contribution is -2.22. The molecule has 0 radical (unpaired) electrons. The molecular weight excluding hydrogens is 289 g/mol. The zero-order valence-electron chi connectivity index (χ0n) is 11.7. The molecule has 1 atom stereocenters. The number of hydrogen-bond acceptors (Lipinski definition) is 1. The Hall–Kier alpha value is -1.02. The fraction of sp³-hybridized carbons (Fsp3) is 0.294. The third-order valence-corrected chi connectivity index (χ3v) is 3.57. The SMILES string of the molecule is CC(CNCCc1ccc(Cl)cc1)c1ccccc1.Cl. The van der Waals surface area contributed by atoms with Crippen molar-refractivity contribution in [1.29, 1.82) is 0 Å². The molecule has 0 bridgehead atoms. The Morgan fingerprint density at radius 3 is 2.30 bits per heavy atom. The number of hydrogen-bond donors (Lipinski definition) is 1. The first-order valence-electron chi connectivity index (χ1n) is 6.76. The average molecular weight is 310 g/mol. The second kappa shape index (κ2) is 9.02. The summed E-state index contributed by atoms with van der Waals surface area (Å²) in [5.41, 5.74) is 2.71. The third kappa shape index (κ3) is 5.54. The fourth-order valence-corrected chi connectivity index (χ4v) is 2.23. The van der Waals surface area contributed by atoms with Crippen LogP contribution < -0.4 is 5.32 Å². The molecule has 108 valence electrons. The van der Waals surface area contributed by atoms with E-state index >= 15 is 0 Å². The van der Waals surface area contributed by atoms with Crippen LogP contribution in [0.5, 0.6) is 0 Å². The van der Waals surface area contributed by atoms with E-state index in [1.165, 1.54) is 11.1 Å². The lowest BCUT2D eigenvalue weighted by Gasteiger charge is -2.13. The lowest BCUT2D eigenvalue weighted by molar-refractivity contribution is 0.615. The first-order valence-corrected chi connectivity index (χ1v) is 7.13. The van der Waals surface area contributed by atoms with Crippen molar-refractivity contribution in [2.45, 2.75) is 19.3 Å². The number of benzene rings is 2. The van der Waals surface area contributed by atoms with Crippen molar-refractivity contribution >= 4 is 24.0 Å². The molecule has 0 aliphatic rings. The summed E-state index contributed by atoms with van der Waals surface area (Å²) in [6.45, 7) is 4.26. The van der Waals surface area contributed by atoms with Crippen LogP contribution in [0.15, 0.2) is 54.6 Å². The van der Waals surface area contributed by atoms with Gasteiger partial charge in [-0.15, -0.1) is 12.4 Å². The van der Waals surface area contributed by atoms with E-state index in [4.69, 9.17) is 11.6 Å². The Morgan fingerprint density at radius 1 is 1.00 bits per heavy atom. The minimum absolute atomic E-state index is 0. The second-order valence-electron chi connectivity index (χ2n) is 4.89. The van der Waals surface area contributed by atoms with E-state index in [2.05, 4.69) is 54.7 Å². The number of rotatable bonds is 6. The first-order chi connectivity index (χ1) is 9.25. The summed E-state index contributed by atoms with van der Waals surface area (Å²) in [6, 6.07) is 18.7. The lowest BCUT2D eigenvalue weighted by atomic mass is 10.0. The molecule has 1 unspecified atom stereocenters. The summed E-state index contributed by atoms with van der Waals surface area (Å²) in [5, 5.41) is 4.31. The van der Waals surface area contributed by atoms with Gasteiger partial charge in [-0.3, -0.25) is 0 Å². The van der Waals surface area contributed by atoms with Gasteiger partial charge in [-0.1, -0.05) is 61.0 Å². The van der Waals surface area contributed by atoms with Gasteiger partial charge in [-0.05, 0) is 42.1 Å². The van der Waals surface area contributed by atoms with Crippen molar-refractivity contribution in [2.75, 3.05) is 13.1 Å². The second-order valence-corrected chi connectivity index (χ2v) is 5.33. The summed E-state index contributed by atoms with van der Waals surface area (Å²) in [6.07, 6.45) is 1.04. The Kier molecular flexibility index (Phi) is 7.68. The maximum Gasteiger partial charge on any atom is 0.0406 e. The average Bonchev–Trinajstić information content (AvgIpc) is 2.46. The van der Waals surface area contributed by atoms with Gasteiger partial charge in [0.1, 0.15) is 0 Å². The van der Waals surface area contributed by atoms with E-state index in [0.29, 0.717) is 5.92 Å². The molecule has 2 aromatic carbocycles. The molecule has 0 fully saturated rings. The molecule has 20 heavy (non-hydrogen) atoms. The third-order valence-electron chi connectivity index (χ3n) is 3.32. The summed E-state index contributed by atoms with van der Waals surface area (Å²) < 4.78 is 0. The van der Waals surface area contributed by atoms with Crippen LogP contribution >= 0.6 is 24.0 Å². The van der Waals surface area contributed by atoms with Crippen LogP contribution in [0, 0.1) is 0 Å². The maximum atomic E-state index is 5.87. The van der Waals surface area contributed by atoms with Crippen LogP contribution in [0.2, 0.25) is 5.02 Å². The highest BCUT2D eigenvalue weighted by Crippen LogP contribution is 2.13. The summed E-state index contributed by atoms with van der Waals surface area (Å²) in [7, 11) is 0. The van der Waals surface area contributed by atoms with E-state index in [1.54, 1.807) is 0 Å². The van der Waals surface area contributed by atoms with Gasteiger partial charge in [-0.2, -0.15) is 0 Å². The quantitative estimate of drug-likeness (QED) is 0.763. The molecule has 1 N–H and O–H groups in total. The van der Waals surface area contributed by atoms with Crippen molar-refractivity contribution < 1.29 is 0 Å². The van der Waals surface area contributed by atoms with Crippen LogP contribution in [0.25, 0.3) is 0 Å². The zero-order valence-corrected chi connectivity index (χ0v) is 13.3. The van der Waals surface area contributed by atoms with E-state index in [0.717, 1.165) is 24.5 Å². The molecule has 2 aromatic rings. The van der Waals surface area contributed by atoms with Crippen molar-refractivity contribution in [3.05, 3.63) is 70.7 Å². The highest BCUT2D eigenvalue weighted by molar-refractivity contribution is 6.30. The van der Waals surface area contributed by atoms with Gasteiger partial charge in [-0.25, -0.2) is 0 Å². The molecule has 0 spiro atoms. The highest BCUT2D eigenvalue weighted by Gasteiger charge is 2.03. The van der Waals surface area contributed by atoms with E-state index in [1.807, 2.05) is 12.1 Å².